The predicted molar refractivity (Wildman–Crippen MR) is 79.4 cm³/mol. The molecule has 0 saturated carbocycles. The van der Waals surface area contributed by atoms with Crippen molar-refractivity contribution in [1.82, 2.24) is 14.9 Å². The van der Waals surface area contributed by atoms with E-state index in [1.807, 2.05) is 13.8 Å². The number of alkyl halides is 3. The lowest BCUT2D eigenvalue weighted by molar-refractivity contribution is -0.272. The Morgan fingerprint density at radius 1 is 1.43 bits per heavy atom. The van der Waals surface area contributed by atoms with Crippen molar-refractivity contribution < 1.29 is 23.1 Å². The van der Waals surface area contributed by atoms with Crippen molar-refractivity contribution in [3.8, 4) is 0 Å². The zero-order valence-corrected chi connectivity index (χ0v) is 13.8. The Morgan fingerprint density at radius 2 is 2.04 bits per heavy atom. The van der Waals surface area contributed by atoms with Crippen LogP contribution in [0.2, 0.25) is 0 Å². The summed E-state index contributed by atoms with van der Waals surface area (Å²) in [6.07, 6.45) is -2.26. The van der Waals surface area contributed by atoms with Gasteiger partial charge in [-0.2, -0.15) is 13.2 Å². The number of rotatable bonds is 7. The maximum atomic E-state index is 13.3. The number of aromatic nitrogens is 2. The summed E-state index contributed by atoms with van der Waals surface area (Å²) < 4.78 is 41.0. The summed E-state index contributed by atoms with van der Waals surface area (Å²) in [6, 6.07) is 0. The first-order chi connectivity index (χ1) is 10.5. The van der Waals surface area contributed by atoms with Crippen molar-refractivity contribution in [3.63, 3.8) is 0 Å². The van der Waals surface area contributed by atoms with E-state index < -0.39 is 24.0 Å². The van der Waals surface area contributed by atoms with E-state index in [1.54, 1.807) is 6.92 Å². The third-order valence-electron chi connectivity index (χ3n) is 4.36. The fourth-order valence-corrected chi connectivity index (χ4v) is 2.28. The minimum absolute atomic E-state index is 0.131. The quantitative estimate of drug-likeness (QED) is 0.804. The highest BCUT2D eigenvalue weighted by molar-refractivity contribution is 5.78. The molecule has 0 aromatic carbocycles. The van der Waals surface area contributed by atoms with Crippen LogP contribution >= 0.6 is 0 Å². The minimum atomic E-state index is -4.89. The summed E-state index contributed by atoms with van der Waals surface area (Å²) in [7, 11) is 1.38. The molecule has 0 spiro atoms. The smallest absolute Gasteiger partial charge is 0.374 e. The highest BCUT2D eigenvalue weighted by Gasteiger charge is 2.57. The number of nitrogens with one attached hydrogen (secondary N) is 1. The minimum Gasteiger partial charge on any atom is -0.374 e. The van der Waals surface area contributed by atoms with Gasteiger partial charge in [0, 0.05) is 38.3 Å². The third-order valence-corrected chi connectivity index (χ3v) is 4.36. The average molecular weight is 335 g/mol. The monoisotopic (exact) mass is 335 g/mol. The highest BCUT2D eigenvalue weighted by atomic mass is 19.4. The molecule has 23 heavy (non-hydrogen) atoms. The number of amides is 1. The van der Waals surface area contributed by atoms with E-state index in [0.717, 1.165) is 11.0 Å². The molecule has 3 unspecified atom stereocenters. The average Bonchev–Trinajstić information content (AvgIpc) is 2.90. The van der Waals surface area contributed by atoms with Crippen LogP contribution in [0.5, 0.6) is 0 Å². The number of carbonyl (C=O) groups excluding carboxylic acids is 1. The van der Waals surface area contributed by atoms with Crippen molar-refractivity contribution in [1.29, 1.82) is 0 Å². The van der Waals surface area contributed by atoms with E-state index in [0.29, 0.717) is 0 Å². The maximum Gasteiger partial charge on any atom is 0.424 e. The molecule has 0 bridgehead atoms. The van der Waals surface area contributed by atoms with E-state index in [2.05, 4.69) is 10.3 Å². The van der Waals surface area contributed by atoms with Gasteiger partial charge in [-0.1, -0.05) is 27.2 Å². The Labute approximate surface area is 133 Å². The fraction of sp³-hybridized carbons (Fsp3) is 0.733. The molecule has 2 N–H and O–H groups in total. The molecule has 1 amide bonds. The van der Waals surface area contributed by atoms with Gasteiger partial charge in [0.2, 0.25) is 11.5 Å². The van der Waals surface area contributed by atoms with E-state index in [-0.39, 0.29) is 24.3 Å². The molecular weight excluding hydrogens is 311 g/mol. The largest absolute Gasteiger partial charge is 0.424 e. The molecule has 0 fully saturated rings. The Bertz CT molecular complexity index is 530. The summed E-state index contributed by atoms with van der Waals surface area (Å²) in [6.45, 7) is 5.29. The van der Waals surface area contributed by atoms with Crippen LogP contribution in [-0.2, 0) is 17.4 Å². The number of halogens is 3. The van der Waals surface area contributed by atoms with E-state index in [9.17, 15) is 23.1 Å². The molecule has 0 radical (unpaired) electrons. The number of nitrogens with zero attached hydrogens (tertiary/aromatic N) is 2. The van der Waals surface area contributed by atoms with E-state index in [4.69, 9.17) is 0 Å². The normalized spacial score (nSPS) is 17.4. The van der Waals surface area contributed by atoms with Crippen LogP contribution in [0.4, 0.5) is 13.2 Å². The van der Waals surface area contributed by atoms with Crippen molar-refractivity contribution in [3.05, 3.63) is 18.2 Å². The second kappa shape index (κ2) is 7.33. The van der Waals surface area contributed by atoms with Crippen LogP contribution in [0, 0.1) is 11.8 Å². The topological polar surface area (TPSA) is 67.2 Å². The number of aryl methyl sites for hydroxylation is 1. The number of imidazole rings is 1. The molecule has 5 nitrogen and oxygen atoms in total. The summed E-state index contributed by atoms with van der Waals surface area (Å²) in [4.78, 5) is 15.5. The van der Waals surface area contributed by atoms with Gasteiger partial charge in [0.05, 0.1) is 0 Å². The van der Waals surface area contributed by atoms with Crippen molar-refractivity contribution >= 4 is 5.91 Å². The molecular formula is C15H24F3N3O2. The number of hydrogen-bond acceptors (Lipinski definition) is 3. The van der Waals surface area contributed by atoms with Crippen LogP contribution in [0.15, 0.2) is 12.4 Å². The van der Waals surface area contributed by atoms with Gasteiger partial charge in [-0.15, -0.1) is 0 Å². The summed E-state index contributed by atoms with van der Waals surface area (Å²) in [5, 5.41) is 12.6. The summed E-state index contributed by atoms with van der Waals surface area (Å²) >= 11 is 0. The molecule has 1 aromatic heterocycles. The lowest BCUT2D eigenvalue weighted by Crippen LogP contribution is -2.47. The molecule has 0 saturated heterocycles. The highest BCUT2D eigenvalue weighted by Crippen LogP contribution is 2.40. The maximum absolute atomic E-state index is 13.3. The number of aliphatic hydroxyl groups is 1. The van der Waals surface area contributed by atoms with Gasteiger partial charge >= 0.3 is 6.18 Å². The molecule has 1 rings (SSSR count). The molecule has 132 valence electrons. The predicted octanol–water partition coefficient (Wildman–Crippen LogP) is 2.36. The Morgan fingerprint density at radius 3 is 2.48 bits per heavy atom. The van der Waals surface area contributed by atoms with Gasteiger partial charge < -0.3 is 15.0 Å². The lowest BCUT2D eigenvalue weighted by Gasteiger charge is -2.30. The second-order valence-electron chi connectivity index (χ2n) is 5.94. The van der Waals surface area contributed by atoms with Crippen molar-refractivity contribution in [2.24, 2.45) is 18.9 Å². The van der Waals surface area contributed by atoms with Crippen LogP contribution in [0.25, 0.3) is 0 Å². The van der Waals surface area contributed by atoms with Gasteiger partial charge in [-0.3, -0.25) is 4.79 Å². The zero-order valence-electron chi connectivity index (χ0n) is 13.8. The third kappa shape index (κ3) is 4.25. The van der Waals surface area contributed by atoms with Crippen LogP contribution < -0.4 is 5.32 Å². The Balaban J connectivity index is 2.79. The Kier molecular flexibility index (Phi) is 6.21. The number of carbonyl (C=O) groups is 1. The van der Waals surface area contributed by atoms with E-state index >= 15 is 0 Å². The first-order valence-electron chi connectivity index (χ1n) is 7.59. The molecule has 0 aliphatic heterocycles. The molecule has 1 aromatic rings. The van der Waals surface area contributed by atoms with E-state index in [1.165, 1.54) is 19.4 Å². The van der Waals surface area contributed by atoms with Gasteiger partial charge in [0.15, 0.2) is 0 Å². The molecule has 8 heteroatoms. The molecule has 3 atom stereocenters. The van der Waals surface area contributed by atoms with Gasteiger partial charge in [0.1, 0.15) is 5.82 Å². The van der Waals surface area contributed by atoms with Crippen LogP contribution in [-0.4, -0.2) is 33.3 Å². The van der Waals surface area contributed by atoms with Crippen molar-refractivity contribution in [2.45, 2.75) is 45.4 Å². The number of hydrogen-bond donors (Lipinski definition) is 2. The lowest BCUT2D eigenvalue weighted by atomic mass is 9.92. The SMILES string of the molecule is CCC(C)C(C)C(=O)NCCC(O)(c1nccn1C)C(F)(F)F. The van der Waals surface area contributed by atoms with Gasteiger partial charge in [-0.05, 0) is 5.92 Å². The molecule has 0 aliphatic rings. The zero-order chi connectivity index (χ0) is 17.8. The second-order valence-corrected chi connectivity index (χ2v) is 5.94. The van der Waals surface area contributed by atoms with Gasteiger partial charge in [-0.25, -0.2) is 4.98 Å². The fourth-order valence-electron chi connectivity index (χ4n) is 2.28. The summed E-state index contributed by atoms with van der Waals surface area (Å²) in [5.41, 5.74) is -3.10. The first-order valence-corrected chi connectivity index (χ1v) is 7.59. The summed E-state index contributed by atoms with van der Waals surface area (Å²) in [5.74, 6) is -0.976. The van der Waals surface area contributed by atoms with Crippen molar-refractivity contribution in [2.75, 3.05) is 6.54 Å². The van der Waals surface area contributed by atoms with Gasteiger partial charge in [0.25, 0.3) is 0 Å². The standard InChI is InChI=1S/C15H24F3N3O2/c1-5-10(2)11(3)12(22)19-7-6-14(23,15(16,17)18)13-20-8-9-21(13)4/h8-11,23H,5-7H2,1-4H3,(H,19,22). The molecule has 0 aliphatic carbocycles. The van der Waals surface area contributed by atoms with Crippen LogP contribution in [0.3, 0.4) is 0 Å². The van der Waals surface area contributed by atoms with Crippen LogP contribution in [0.1, 0.15) is 39.4 Å². The Hall–Kier alpha value is -1.57. The molecule has 1 heterocycles. The first kappa shape index (κ1) is 19.5.